The fourth-order valence-electron chi connectivity index (χ4n) is 2.82. The molecular formula is C17H21N5O4S. The lowest BCUT2D eigenvalue weighted by Crippen LogP contribution is -2.37. The first-order valence-corrected chi connectivity index (χ1v) is 9.99. The number of amides is 1. The van der Waals surface area contributed by atoms with E-state index in [1.807, 2.05) is 0 Å². The molecule has 9 nitrogen and oxygen atoms in total. The van der Waals surface area contributed by atoms with Crippen LogP contribution < -0.4 is 15.6 Å². The second-order valence-corrected chi connectivity index (χ2v) is 7.87. The summed E-state index contributed by atoms with van der Waals surface area (Å²) in [5.74, 6) is -0.147. The van der Waals surface area contributed by atoms with Gasteiger partial charge in [0.05, 0.1) is 17.6 Å². The van der Waals surface area contributed by atoms with Crippen molar-refractivity contribution in [3.63, 3.8) is 0 Å². The third-order valence-corrected chi connectivity index (χ3v) is 6.15. The lowest BCUT2D eigenvalue weighted by atomic mass is 10.2. The summed E-state index contributed by atoms with van der Waals surface area (Å²) in [6.07, 6.45) is 4.12. The average Bonchev–Trinajstić information content (AvgIpc) is 2.72. The Kier molecular flexibility index (Phi) is 5.87. The van der Waals surface area contributed by atoms with Gasteiger partial charge in [-0.2, -0.15) is 9.29 Å². The summed E-state index contributed by atoms with van der Waals surface area (Å²) in [5.41, 5.74) is 5.05. The molecule has 0 aliphatic carbocycles. The van der Waals surface area contributed by atoms with Crippen molar-refractivity contribution in [3.05, 3.63) is 42.1 Å². The number of methoxy groups -OCH3 is 1. The van der Waals surface area contributed by atoms with E-state index in [1.54, 1.807) is 18.2 Å². The van der Waals surface area contributed by atoms with Crippen LogP contribution in [-0.2, 0) is 10.0 Å². The number of hydrogen-bond acceptors (Lipinski definition) is 7. The smallest absolute Gasteiger partial charge is 0.271 e. The summed E-state index contributed by atoms with van der Waals surface area (Å²) in [6.45, 7) is 0.933. The lowest BCUT2D eigenvalue weighted by Gasteiger charge is -2.26. The highest BCUT2D eigenvalue weighted by molar-refractivity contribution is 7.89. The maximum atomic E-state index is 13.0. The second kappa shape index (κ2) is 8.31. The summed E-state index contributed by atoms with van der Waals surface area (Å²) in [4.78, 5) is 20.5. The molecule has 1 fully saturated rings. The molecule has 3 rings (SSSR count). The quantitative estimate of drug-likeness (QED) is 0.716. The van der Waals surface area contributed by atoms with Crippen LogP contribution in [0.3, 0.4) is 0 Å². The van der Waals surface area contributed by atoms with Crippen LogP contribution in [0.15, 0.2) is 41.4 Å². The van der Waals surface area contributed by atoms with Gasteiger partial charge in [-0.25, -0.2) is 13.4 Å². The monoisotopic (exact) mass is 391 g/mol. The third kappa shape index (κ3) is 4.34. The minimum absolute atomic E-state index is 0.0160. The molecule has 0 atom stereocenters. The molecule has 1 amide bonds. The van der Waals surface area contributed by atoms with E-state index in [-0.39, 0.29) is 16.4 Å². The average molecular weight is 391 g/mol. The number of hydrogen-bond donors (Lipinski definition) is 2. The second-order valence-electron chi connectivity index (χ2n) is 5.96. The van der Waals surface area contributed by atoms with Crippen molar-refractivity contribution < 1.29 is 17.9 Å². The van der Waals surface area contributed by atoms with Gasteiger partial charge in [-0.05, 0) is 25.0 Å². The van der Waals surface area contributed by atoms with Crippen molar-refractivity contribution in [2.24, 2.45) is 0 Å². The van der Waals surface area contributed by atoms with E-state index < -0.39 is 15.9 Å². The van der Waals surface area contributed by atoms with E-state index >= 15 is 0 Å². The van der Waals surface area contributed by atoms with Crippen molar-refractivity contribution >= 4 is 21.9 Å². The van der Waals surface area contributed by atoms with E-state index in [4.69, 9.17) is 4.74 Å². The minimum Gasteiger partial charge on any atom is -0.481 e. The molecule has 0 spiro atoms. The number of anilines is 1. The lowest BCUT2D eigenvalue weighted by molar-refractivity contribution is 0.0958. The largest absolute Gasteiger partial charge is 0.481 e. The molecule has 1 aromatic carbocycles. The van der Waals surface area contributed by atoms with E-state index in [0.29, 0.717) is 19.0 Å². The number of carbonyl (C=O) groups is 1. The number of aromatic nitrogens is 2. The zero-order valence-corrected chi connectivity index (χ0v) is 15.7. The Balaban J connectivity index is 1.79. The Morgan fingerprint density at radius 3 is 2.63 bits per heavy atom. The Morgan fingerprint density at radius 1 is 1.15 bits per heavy atom. The minimum atomic E-state index is -3.74. The first-order chi connectivity index (χ1) is 13.0. The van der Waals surface area contributed by atoms with Crippen LogP contribution >= 0.6 is 0 Å². The van der Waals surface area contributed by atoms with Crippen molar-refractivity contribution in [1.82, 2.24) is 19.7 Å². The van der Waals surface area contributed by atoms with Crippen LogP contribution in [0.25, 0.3) is 0 Å². The topological polar surface area (TPSA) is 114 Å². The maximum Gasteiger partial charge on any atom is 0.271 e. The normalized spacial score (nSPS) is 15.1. The summed E-state index contributed by atoms with van der Waals surface area (Å²) in [6, 6.07) is 7.70. The zero-order chi connectivity index (χ0) is 19.3. The number of benzene rings is 1. The van der Waals surface area contributed by atoms with Crippen LogP contribution in [0.2, 0.25) is 0 Å². The number of nitrogens with one attached hydrogen (secondary N) is 2. The molecule has 0 saturated carbocycles. The van der Waals surface area contributed by atoms with Crippen molar-refractivity contribution in [3.8, 4) is 5.88 Å². The summed E-state index contributed by atoms with van der Waals surface area (Å²) >= 11 is 0. The highest BCUT2D eigenvalue weighted by Crippen LogP contribution is 2.23. The number of nitrogens with zero attached hydrogens (tertiary/aromatic N) is 3. The van der Waals surface area contributed by atoms with Crippen LogP contribution in [0, 0.1) is 0 Å². The molecule has 2 heterocycles. The van der Waals surface area contributed by atoms with Gasteiger partial charge in [0.15, 0.2) is 0 Å². The molecule has 0 radical (unpaired) electrons. The van der Waals surface area contributed by atoms with Crippen LogP contribution in [0.4, 0.5) is 5.95 Å². The number of sulfonamides is 1. The predicted octanol–water partition coefficient (Wildman–Crippen LogP) is 1.42. The Bertz CT molecular complexity index is 913. The first-order valence-electron chi connectivity index (χ1n) is 8.55. The number of ether oxygens (including phenoxy) is 1. The van der Waals surface area contributed by atoms with Gasteiger partial charge in [0, 0.05) is 25.4 Å². The van der Waals surface area contributed by atoms with Gasteiger partial charge in [-0.3, -0.25) is 15.6 Å². The van der Waals surface area contributed by atoms with E-state index in [2.05, 4.69) is 20.8 Å². The highest BCUT2D eigenvalue weighted by atomic mass is 32.2. The van der Waals surface area contributed by atoms with Crippen molar-refractivity contribution in [2.45, 2.75) is 24.2 Å². The molecule has 1 aliphatic heterocycles. The highest BCUT2D eigenvalue weighted by Gasteiger charge is 2.29. The SMILES string of the molecule is COc1ccnc(NNC(=O)c2ccccc2S(=O)(=O)N2CCCCC2)n1. The Labute approximate surface area is 157 Å². The first kappa shape index (κ1) is 19.1. The number of carbonyl (C=O) groups excluding carboxylic acids is 1. The van der Waals surface area contributed by atoms with Crippen LogP contribution in [0.5, 0.6) is 5.88 Å². The molecule has 1 aromatic heterocycles. The van der Waals surface area contributed by atoms with Gasteiger partial charge in [0.25, 0.3) is 5.91 Å². The molecule has 1 saturated heterocycles. The molecule has 2 aromatic rings. The molecular weight excluding hydrogens is 370 g/mol. The van der Waals surface area contributed by atoms with Gasteiger partial charge in [-0.1, -0.05) is 18.6 Å². The molecule has 1 aliphatic rings. The Morgan fingerprint density at radius 2 is 1.89 bits per heavy atom. The fourth-order valence-corrected chi connectivity index (χ4v) is 4.53. The van der Waals surface area contributed by atoms with Gasteiger partial charge in [0.2, 0.25) is 21.9 Å². The summed E-state index contributed by atoms with van der Waals surface area (Å²) in [5, 5.41) is 0. The van der Waals surface area contributed by atoms with Gasteiger partial charge in [0.1, 0.15) is 0 Å². The van der Waals surface area contributed by atoms with Gasteiger partial charge < -0.3 is 4.74 Å². The molecule has 10 heteroatoms. The number of hydrazine groups is 1. The molecule has 0 unspecified atom stereocenters. The molecule has 2 N–H and O–H groups in total. The standard InChI is InChI=1S/C17H21N5O4S/c1-26-15-9-10-18-17(19-15)21-20-16(23)13-7-3-4-8-14(13)27(24,25)22-11-5-2-6-12-22/h3-4,7-10H,2,5-6,11-12H2,1H3,(H,20,23)(H,18,19,21). The molecule has 27 heavy (non-hydrogen) atoms. The predicted molar refractivity (Wildman–Crippen MR) is 98.7 cm³/mol. The number of rotatable bonds is 6. The van der Waals surface area contributed by atoms with Crippen LogP contribution in [0.1, 0.15) is 29.6 Å². The van der Waals surface area contributed by atoms with Gasteiger partial charge >= 0.3 is 0 Å². The van der Waals surface area contributed by atoms with Crippen molar-refractivity contribution in [2.75, 3.05) is 25.6 Å². The molecule has 0 bridgehead atoms. The van der Waals surface area contributed by atoms with Crippen LogP contribution in [-0.4, -0.2) is 48.8 Å². The van der Waals surface area contributed by atoms with Crippen molar-refractivity contribution in [1.29, 1.82) is 0 Å². The van der Waals surface area contributed by atoms with E-state index in [0.717, 1.165) is 19.3 Å². The summed E-state index contributed by atoms with van der Waals surface area (Å²) < 4.78 is 32.3. The zero-order valence-electron chi connectivity index (χ0n) is 14.9. The third-order valence-electron chi connectivity index (χ3n) is 4.19. The fraction of sp³-hybridized carbons (Fsp3) is 0.353. The van der Waals surface area contributed by atoms with E-state index in [9.17, 15) is 13.2 Å². The number of piperidine rings is 1. The molecule has 144 valence electrons. The maximum absolute atomic E-state index is 13.0. The van der Waals surface area contributed by atoms with E-state index in [1.165, 1.54) is 29.7 Å². The Hall–Kier alpha value is -2.72. The summed E-state index contributed by atoms with van der Waals surface area (Å²) in [7, 11) is -2.27. The van der Waals surface area contributed by atoms with Gasteiger partial charge in [-0.15, -0.1) is 0 Å².